The lowest BCUT2D eigenvalue weighted by Gasteiger charge is -2.32. The van der Waals surface area contributed by atoms with Crippen molar-refractivity contribution in [2.24, 2.45) is 0 Å². The fourth-order valence-corrected chi connectivity index (χ4v) is 3.17. The number of rotatable bonds is 2. The second-order valence-corrected chi connectivity index (χ2v) is 5.36. The summed E-state index contributed by atoms with van der Waals surface area (Å²) in [4.78, 5) is 6.35. The van der Waals surface area contributed by atoms with E-state index in [1.807, 2.05) is 12.1 Å². The first kappa shape index (κ1) is 12.4. The summed E-state index contributed by atoms with van der Waals surface area (Å²) in [6.45, 7) is 4.58. The van der Waals surface area contributed by atoms with Crippen LogP contribution in [-0.4, -0.2) is 35.2 Å². The molecule has 0 amide bonds. The lowest BCUT2D eigenvalue weighted by molar-refractivity contribution is 0.0535. The van der Waals surface area contributed by atoms with Crippen molar-refractivity contribution in [1.29, 1.82) is 0 Å². The van der Waals surface area contributed by atoms with Crippen LogP contribution in [0.5, 0.6) is 0 Å². The van der Waals surface area contributed by atoms with E-state index in [0.717, 1.165) is 35.8 Å². The number of nitrogens with two attached hydrogens (primary N) is 1. The summed E-state index contributed by atoms with van der Waals surface area (Å²) in [5.74, 6) is 0.588. The molecular formula is C13H16N4OS. The van der Waals surface area contributed by atoms with Gasteiger partial charge in [-0.2, -0.15) is 4.37 Å². The third-order valence-corrected chi connectivity index (χ3v) is 4.12. The average molecular weight is 276 g/mol. The van der Waals surface area contributed by atoms with Crippen LogP contribution in [0.15, 0.2) is 24.5 Å². The Morgan fingerprint density at radius 1 is 1.42 bits per heavy atom. The highest BCUT2D eigenvalue weighted by Gasteiger charge is 2.23. The minimum absolute atomic E-state index is 0.238. The van der Waals surface area contributed by atoms with E-state index in [4.69, 9.17) is 10.5 Å². The smallest absolute Gasteiger partial charge is 0.147 e. The Morgan fingerprint density at radius 3 is 2.95 bits per heavy atom. The van der Waals surface area contributed by atoms with Crippen LogP contribution >= 0.6 is 11.5 Å². The first-order valence-corrected chi connectivity index (χ1v) is 7.05. The molecule has 2 N–H and O–H groups in total. The Balaban J connectivity index is 1.99. The van der Waals surface area contributed by atoms with Gasteiger partial charge in [0.25, 0.3) is 0 Å². The van der Waals surface area contributed by atoms with Crippen LogP contribution in [-0.2, 0) is 4.74 Å². The number of ether oxygens (including phenoxy) is 1. The van der Waals surface area contributed by atoms with Crippen LogP contribution in [0.2, 0.25) is 0 Å². The van der Waals surface area contributed by atoms with Gasteiger partial charge >= 0.3 is 0 Å². The zero-order valence-electron chi connectivity index (χ0n) is 10.7. The predicted molar refractivity (Wildman–Crippen MR) is 77.4 cm³/mol. The summed E-state index contributed by atoms with van der Waals surface area (Å²) >= 11 is 1.45. The molecule has 100 valence electrons. The third-order valence-electron chi connectivity index (χ3n) is 3.20. The molecule has 6 heteroatoms. The molecule has 1 fully saturated rings. The number of anilines is 2. The highest BCUT2D eigenvalue weighted by Crippen LogP contribution is 2.39. The van der Waals surface area contributed by atoms with E-state index in [-0.39, 0.29) is 6.10 Å². The van der Waals surface area contributed by atoms with E-state index in [0.29, 0.717) is 5.82 Å². The Kier molecular flexibility index (Phi) is 3.35. The average Bonchev–Trinajstić information content (AvgIpc) is 2.82. The fraction of sp³-hybridized carbons (Fsp3) is 0.385. The molecule has 1 aliphatic rings. The van der Waals surface area contributed by atoms with Gasteiger partial charge in [0.2, 0.25) is 0 Å². The normalized spacial score (nSPS) is 19.6. The van der Waals surface area contributed by atoms with Crippen molar-refractivity contribution in [2.75, 3.05) is 30.3 Å². The van der Waals surface area contributed by atoms with Crippen molar-refractivity contribution >= 4 is 22.4 Å². The molecule has 1 saturated heterocycles. The van der Waals surface area contributed by atoms with E-state index in [1.165, 1.54) is 11.5 Å². The van der Waals surface area contributed by atoms with E-state index < -0.39 is 0 Å². The van der Waals surface area contributed by atoms with Crippen molar-refractivity contribution in [1.82, 2.24) is 9.36 Å². The van der Waals surface area contributed by atoms with Crippen molar-refractivity contribution in [3.63, 3.8) is 0 Å². The van der Waals surface area contributed by atoms with Gasteiger partial charge < -0.3 is 15.4 Å². The van der Waals surface area contributed by atoms with Gasteiger partial charge in [-0.25, -0.2) is 0 Å². The van der Waals surface area contributed by atoms with Gasteiger partial charge in [0.05, 0.1) is 18.3 Å². The number of hydrogen-bond donors (Lipinski definition) is 1. The van der Waals surface area contributed by atoms with Crippen LogP contribution < -0.4 is 10.6 Å². The lowest BCUT2D eigenvalue weighted by Crippen LogP contribution is -2.40. The number of hydrogen-bond acceptors (Lipinski definition) is 6. The van der Waals surface area contributed by atoms with Crippen LogP contribution in [0.4, 0.5) is 10.8 Å². The first-order chi connectivity index (χ1) is 9.25. The Bertz CT molecular complexity index is 557. The molecule has 3 rings (SSSR count). The molecule has 1 unspecified atom stereocenters. The number of nitrogens with zero attached hydrogens (tertiary/aromatic N) is 3. The monoisotopic (exact) mass is 276 g/mol. The molecule has 3 heterocycles. The molecular weight excluding hydrogens is 260 g/mol. The van der Waals surface area contributed by atoms with Gasteiger partial charge in [0, 0.05) is 25.5 Å². The standard InChI is InChI=1S/C13H16N4OS/c1-9-8-17(6-7-18-9)13-11(12(14)16-19-13)10-2-4-15-5-3-10/h2-5,9H,6-8H2,1H3,(H2,14,16). The van der Waals surface area contributed by atoms with Gasteiger partial charge in [0.1, 0.15) is 10.8 Å². The molecule has 0 aliphatic carbocycles. The molecule has 0 aromatic carbocycles. The predicted octanol–water partition coefficient (Wildman–Crippen LogP) is 2.01. The molecule has 1 atom stereocenters. The van der Waals surface area contributed by atoms with Crippen LogP contribution in [0.3, 0.4) is 0 Å². The van der Waals surface area contributed by atoms with E-state index in [9.17, 15) is 0 Å². The Morgan fingerprint density at radius 2 is 2.21 bits per heavy atom. The van der Waals surface area contributed by atoms with Gasteiger partial charge in [-0.1, -0.05) is 0 Å². The molecule has 0 spiro atoms. The lowest BCUT2D eigenvalue weighted by atomic mass is 10.1. The fourth-order valence-electron chi connectivity index (χ4n) is 2.30. The zero-order valence-corrected chi connectivity index (χ0v) is 11.6. The van der Waals surface area contributed by atoms with Crippen molar-refractivity contribution in [3.05, 3.63) is 24.5 Å². The first-order valence-electron chi connectivity index (χ1n) is 6.28. The summed E-state index contributed by atoms with van der Waals surface area (Å²) in [7, 11) is 0. The summed E-state index contributed by atoms with van der Waals surface area (Å²) in [6, 6.07) is 3.93. The minimum Gasteiger partial charge on any atom is -0.382 e. The van der Waals surface area contributed by atoms with E-state index >= 15 is 0 Å². The number of nitrogen functional groups attached to an aromatic ring is 1. The highest BCUT2D eigenvalue weighted by molar-refractivity contribution is 7.11. The topological polar surface area (TPSA) is 64.3 Å². The van der Waals surface area contributed by atoms with Gasteiger partial charge in [-0.05, 0) is 36.2 Å². The minimum atomic E-state index is 0.238. The van der Waals surface area contributed by atoms with E-state index in [1.54, 1.807) is 12.4 Å². The summed E-state index contributed by atoms with van der Waals surface area (Å²) in [5.41, 5.74) is 8.12. The van der Waals surface area contributed by atoms with Crippen molar-refractivity contribution < 1.29 is 4.74 Å². The molecule has 0 saturated carbocycles. The Hall–Kier alpha value is -1.66. The summed E-state index contributed by atoms with van der Waals surface area (Å²) in [6.07, 6.45) is 3.79. The summed E-state index contributed by atoms with van der Waals surface area (Å²) < 4.78 is 9.89. The second kappa shape index (κ2) is 5.14. The van der Waals surface area contributed by atoms with Gasteiger partial charge in [-0.15, -0.1) is 0 Å². The third kappa shape index (κ3) is 2.41. The molecule has 0 bridgehead atoms. The van der Waals surface area contributed by atoms with E-state index in [2.05, 4.69) is 21.2 Å². The quantitative estimate of drug-likeness (QED) is 0.909. The van der Waals surface area contributed by atoms with Crippen molar-refractivity contribution in [3.8, 4) is 11.1 Å². The van der Waals surface area contributed by atoms with Crippen molar-refractivity contribution in [2.45, 2.75) is 13.0 Å². The maximum atomic E-state index is 6.04. The molecule has 19 heavy (non-hydrogen) atoms. The largest absolute Gasteiger partial charge is 0.382 e. The van der Waals surface area contributed by atoms with Crippen LogP contribution in [0, 0.1) is 0 Å². The molecule has 2 aromatic rings. The zero-order chi connectivity index (χ0) is 13.2. The summed E-state index contributed by atoms with van der Waals surface area (Å²) in [5, 5.41) is 1.12. The number of morpholine rings is 1. The molecule has 2 aromatic heterocycles. The number of aromatic nitrogens is 2. The molecule has 5 nitrogen and oxygen atoms in total. The second-order valence-electron chi connectivity index (χ2n) is 4.61. The molecule has 1 aliphatic heterocycles. The highest BCUT2D eigenvalue weighted by atomic mass is 32.1. The maximum absolute atomic E-state index is 6.04. The van der Waals surface area contributed by atoms with Crippen LogP contribution in [0.1, 0.15) is 6.92 Å². The van der Waals surface area contributed by atoms with Crippen LogP contribution in [0.25, 0.3) is 11.1 Å². The maximum Gasteiger partial charge on any atom is 0.147 e. The SMILES string of the molecule is CC1CN(c2snc(N)c2-c2ccncc2)CCO1. The number of pyridine rings is 1. The van der Waals surface area contributed by atoms with Gasteiger partial charge in [-0.3, -0.25) is 4.98 Å². The Labute approximate surface area is 116 Å². The van der Waals surface area contributed by atoms with Gasteiger partial charge in [0.15, 0.2) is 0 Å². The molecule has 0 radical (unpaired) electrons.